The molecule has 0 spiro atoms. The molecule has 1 aliphatic rings. The number of hydrogen-bond donors (Lipinski definition) is 2. The first-order chi connectivity index (χ1) is 7.66. The van der Waals surface area contributed by atoms with E-state index >= 15 is 0 Å². The molecule has 1 aromatic rings. The molecule has 0 aromatic carbocycles. The van der Waals surface area contributed by atoms with Gasteiger partial charge in [0, 0.05) is 25.8 Å². The quantitative estimate of drug-likeness (QED) is 0.796. The van der Waals surface area contributed by atoms with E-state index in [4.69, 9.17) is 5.73 Å². The Morgan fingerprint density at radius 2 is 2.19 bits per heavy atom. The third-order valence-corrected chi connectivity index (χ3v) is 3.19. The maximum absolute atomic E-state index is 5.82. The molecule has 5 heteroatoms. The number of anilines is 2. The molecule has 0 aliphatic carbocycles. The van der Waals surface area contributed by atoms with Crippen LogP contribution in [0, 0.1) is 0 Å². The van der Waals surface area contributed by atoms with Gasteiger partial charge in [0.2, 0.25) is 0 Å². The van der Waals surface area contributed by atoms with Crippen molar-refractivity contribution in [2.75, 3.05) is 30.7 Å². The SMILES string of the molecule is CC(CNc1nn(C)cc1N)N1CCCC1. The van der Waals surface area contributed by atoms with Gasteiger partial charge in [-0.25, -0.2) is 0 Å². The summed E-state index contributed by atoms with van der Waals surface area (Å²) in [7, 11) is 1.88. The summed E-state index contributed by atoms with van der Waals surface area (Å²) >= 11 is 0. The lowest BCUT2D eigenvalue weighted by molar-refractivity contribution is 0.269. The number of nitrogens with zero attached hydrogens (tertiary/aromatic N) is 3. The number of nitrogen functional groups attached to an aromatic ring is 1. The lowest BCUT2D eigenvalue weighted by Gasteiger charge is -2.23. The van der Waals surface area contributed by atoms with E-state index in [0.717, 1.165) is 18.1 Å². The number of nitrogens with two attached hydrogens (primary N) is 1. The summed E-state index contributed by atoms with van der Waals surface area (Å²) < 4.78 is 1.73. The van der Waals surface area contributed by atoms with E-state index in [0.29, 0.717) is 6.04 Å². The number of hydrogen-bond acceptors (Lipinski definition) is 4. The first kappa shape index (κ1) is 11.3. The lowest BCUT2D eigenvalue weighted by atomic mass is 10.3. The Hall–Kier alpha value is -1.23. The van der Waals surface area contributed by atoms with Crippen molar-refractivity contribution < 1.29 is 0 Å². The van der Waals surface area contributed by atoms with E-state index in [2.05, 4.69) is 22.2 Å². The number of rotatable bonds is 4. The van der Waals surface area contributed by atoms with E-state index in [9.17, 15) is 0 Å². The van der Waals surface area contributed by atoms with Crippen molar-refractivity contribution in [2.45, 2.75) is 25.8 Å². The number of nitrogens with one attached hydrogen (secondary N) is 1. The van der Waals surface area contributed by atoms with Gasteiger partial charge in [0.1, 0.15) is 0 Å². The Morgan fingerprint density at radius 3 is 2.75 bits per heavy atom. The first-order valence-electron chi connectivity index (χ1n) is 5.94. The highest BCUT2D eigenvalue weighted by Crippen LogP contribution is 2.16. The van der Waals surface area contributed by atoms with Crippen LogP contribution in [-0.2, 0) is 7.05 Å². The zero-order valence-corrected chi connectivity index (χ0v) is 10.1. The van der Waals surface area contributed by atoms with E-state index in [-0.39, 0.29) is 0 Å². The van der Waals surface area contributed by atoms with Crippen molar-refractivity contribution in [1.29, 1.82) is 0 Å². The van der Waals surface area contributed by atoms with Crippen LogP contribution in [0.15, 0.2) is 6.20 Å². The molecule has 90 valence electrons. The van der Waals surface area contributed by atoms with Crippen LogP contribution >= 0.6 is 0 Å². The van der Waals surface area contributed by atoms with Crippen LogP contribution in [0.4, 0.5) is 11.5 Å². The molecule has 0 saturated carbocycles. The number of aryl methyl sites for hydroxylation is 1. The Balaban J connectivity index is 1.84. The number of likely N-dealkylation sites (tertiary alicyclic amines) is 1. The average Bonchev–Trinajstić information content (AvgIpc) is 2.84. The molecule has 0 radical (unpaired) electrons. The van der Waals surface area contributed by atoms with Crippen molar-refractivity contribution in [3.8, 4) is 0 Å². The van der Waals surface area contributed by atoms with Gasteiger partial charge in [0.05, 0.1) is 5.69 Å². The first-order valence-corrected chi connectivity index (χ1v) is 5.94. The standard InChI is InChI=1S/C11H21N5/c1-9(16-5-3-4-6-16)7-13-11-10(12)8-15(2)14-11/h8-9H,3-7,12H2,1-2H3,(H,13,14). The second kappa shape index (κ2) is 4.74. The van der Waals surface area contributed by atoms with Crippen LogP contribution < -0.4 is 11.1 Å². The van der Waals surface area contributed by atoms with Gasteiger partial charge in [0.15, 0.2) is 5.82 Å². The van der Waals surface area contributed by atoms with Gasteiger partial charge in [-0.3, -0.25) is 9.58 Å². The molecule has 1 saturated heterocycles. The minimum Gasteiger partial charge on any atom is -0.394 e. The molecule has 0 bridgehead atoms. The van der Waals surface area contributed by atoms with E-state index in [1.54, 1.807) is 4.68 Å². The summed E-state index contributed by atoms with van der Waals surface area (Å²) in [6, 6.07) is 0.545. The summed E-state index contributed by atoms with van der Waals surface area (Å²) in [6.07, 6.45) is 4.48. The average molecular weight is 223 g/mol. The van der Waals surface area contributed by atoms with Crippen LogP contribution in [0.25, 0.3) is 0 Å². The largest absolute Gasteiger partial charge is 0.394 e. The molecule has 1 fully saturated rings. The number of aromatic nitrogens is 2. The van der Waals surface area contributed by atoms with Gasteiger partial charge < -0.3 is 11.1 Å². The third-order valence-electron chi connectivity index (χ3n) is 3.19. The van der Waals surface area contributed by atoms with Gasteiger partial charge >= 0.3 is 0 Å². The van der Waals surface area contributed by atoms with Crippen molar-refractivity contribution >= 4 is 11.5 Å². The lowest BCUT2D eigenvalue weighted by Crippen LogP contribution is -2.35. The molecule has 2 rings (SSSR count). The van der Waals surface area contributed by atoms with Crippen LogP contribution in [0.1, 0.15) is 19.8 Å². The second-order valence-electron chi connectivity index (χ2n) is 4.58. The molecule has 1 atom stereocenters. The Kier molecular flexibility index (Phi) is 3.33. The smallest absolute Gasteiger partial charge is 0.171 e. The topological polar surface area (TPSA) is 59.1 Å². The van der Waals surface area contributed by atoms with Crippen LogP contribution in [-0.4, -0.2) is 40.4 Å². The molecular formula is C11H21N5. The molecule has 1 aliphatic heterocycles. The zero-order chi connectivity index (χ0) is 11.5. The molecule has 3 N–H and O–H groups in total. The molecular weight excluding hydrogens is 202 g/mol. The highest BCUT2D eigenvalue weighted by molar-refractivity contribution is 5.59. The van der Waals surface area contributed by atoms with Crippen molar-refractivity contribution in [1.82, 2.24) is 14.7 Å². The predicted octanol–water partition coefficient (Wildman–Crippen LogP) is 0.898. The fourth-order valence-corrected chi connectivity index (χ4v) is 2.20. The zero-order valence-electron chi connectivity index (χ0n) is 10.1. The van der Waals surface area contributed by atoms with Gasteiger partial charge in [-0.1, -0.05) is 0 Å². The molecule has 16 heavy (non-hydrogen) atoms. The minimum absolute atomic E-state index is 0.545. The monoisotopic (exact) mass is 223 g/mol. The van der Waals surface area contributed by atoms with Gasteiger partial charge in [-0.15, -0.1) is 0 Å². The molecule has 1 aromatic heterocycles. The van der Waals surface area contributed by atoms with E-state index < -0.39 is 0 Å². The predicted molar refractivity (Wildman–Crippen MR) is 66.4 cm³/mol. The van der Waals surface area contributed by atoms with E-state index in [1.807, 2.05) is 13.2 Å². The van der Waals surface area contributed by atoms with Gasteiger partial charge in [-0.05, 0) is 32.9 Å². The summed E-state index contributed by atoms with van der Waals surface area (Å²) in [5.41, 5.74) is 6.54. The minimum atomic E-state index is 0.545. The second-order valence-corrected chi connectivity index (χ2v) is 4.58. The van der Waals surface area contributed by atoms with Crippen LogP contribution in [0.5, 0.6) is 0 Å². The fraction of sp³-hybridized carbons (Fsp3) is 0.727. The highest BCUT2D eigenvalue weighted by Gasteiger charge is 2.18. The van der Waals surface area contributed by atoms with Crippen LogP contribution in [0.2, 0.25) is 0 Å². The molecule has 1 unspecified atom stereocenters. The van der Waals surface area contributed by atoms with Crippen molar-refractivity contribution in [3.63, 3.8) is 0 Å². The van der Waals surface area contributed by atoms with E-state index in [1.165, 1.54) is 25.9 Å². The Bertz CT molecular complexity index is 340. The third kappa shape index (κ3) is 2.47. The summed E-state index contributed by atoms with van der Waals surface area (Å²) in [6.45, 7) is 5.60. The Morgan fingerprint density at radius 1 is 1.50 bits per heavy atom. The molecule has 2 heterocycles. The fourth-order valence-electron chi connectivity index (χ4n) is 2.20. The summed E-state index contributed by atoms with van der Waals surface area (Å²) in [5, 5.41) is 7.58. The van der Waals surface area contributed by atoms with Gasteiger partial charge in [-0.2, -0.15) is 5.10 Å². The van der Waals surface area contributed by atoms with Crippen molar-refractivity contribution in [2.24, 2.45) is 7.05 Å². The van der Waals surface area contributed by atoms with Gasteiger partial charge in [0.25, 0.3) is 0 Å². The molecule has 5 nitrogen and oxygen atoms in total. The normalized spacial score (nSPS) is 18.9. The molecule has 0 amide bonds. The van der Waals surface area contributed by atoms with Crippen LogP contribution in [0.3, 0.4) is 0 Å². The summed E-state index contributed by atoms with van der Waals surface area (Å²) in [5.74, 6) is 0.800. The maximum Gasteiger partial charge on any atom is 0.171 e. The van der Waals surface area contributed by atoms with Crippen molar-refractivity contribution in [3.05, 3.63) is 6.20 Å². The summed E-state index contributed by atoms with van der Waals surface area (Å²) in [4.78, 5) is 2.51. The highest BCUT2D eigenvalue weighted by atomic mass is 15.3. The maximum atomic E-state index is 5.82. The Labute approximate surface area is 96.6 Å².